The van der Waals surface area contributed by atoms with Crippen molar-refractivity contribution in [3.8, 4) is 11.3 Å². The number of pyridine rings is 1. The third-order valence-electron chi connectivity index (χ3n) is 3.24. The topological polar surface area (TPSA) is 89.5 Å². The maximum absolute atomic E-state index is 12.0. The summed E-state index contributed by atoms with van der Waals surface area (Å²) in [6, 6.07) is 6.34. The second-order valence-electron chi connectivity index (χ2n) is 4.45. The molecule has 3 aromatic rings. The Kier molecular flexibility index (Phi) is 3.02. The second-order valence-corrected chi connectivity index (χ2v) is 4.45. The molecule has 0 radical (unpaired) electrons. The van der Waals surface area contributed by atoms with Crippen LogP contribution in [0.3, 0.4) is 0 Å². The van der Waals surface area contributed by atoms with Gasteiger partial charge in [-0.2, -0.15) is 9.61 Å². The molecule has 0 aliphatic rings. The quantitative estimate of drug-likeness (QED) is 0.782. The van der Waals surface area contributed by atoms with Crippen LogP contribution in [-0.2, 0) is 6.54 Å². The van der Waals surface area contributed by atoms with E-state index in [1.165, 1.54) is 4.52 Å². The van der Waals surface area contributed by atoms with Crippen molar-refractivity contribution in [1.82, 2.24) is 19.2 Å². The van der Waals surface area contributed by atoms with Gasteiger partial charge in [-0.05, 0) is 19.1 Å². The molecule has 0 aliphatic carbocycles. The lowest BCUT2D eigenvalue weighted by atomic mass is 10.2. The number of aryl methyl sites for hydroxylation is 1. The van der Waals surface area contributed by atoms with Gasteiger partial charge in [0.2, 0.25) is 0 Å². The molecule has 106 valence electrons. The first-order valence-electron chi connectivity index (χ1n) is 6.39. The fraction of sp³-hybridized carbons (Fsp3) is 0.143. The Morgan fingerprint density at radius 1 is 1.29 bits per heavy atom. The highest BCUT2D eigenvalue weighted by atomic mass is 16.4. The number of hydrogen-bond donors (Lipinski definition) is 1. The largest absolute Gasteiger partial charge is 0.477 e. The first kappa shape index (κ1) is 13.0. The number of aromatic carboxylic acids is 1. The summed E-state index contributed by atoms with van der Waals surface area (Å²) in [5.74, 6) is -1.14. The predicted molar refractivity (Wildman–Crippen MR) is 75.3 cm³/mol. The van der Waals surface area contributed by atoms with Gasteiger partial charge < -0.3 is 9.67 Å². The average molecular weight is 284 g/mol. The van der Waals surface area contributed by atoms with Crippen LogP contribution in [0.25, 0.3) is 16.9 Å². The van der Waals surface area contributed by atoms with E-state index in [1.807, 2.05) is 6.92 Å². The lowest BCUT2D eigenvalue weighted by Crippen LogP contribution is -2.23. The smallest absolute Gasteiger partial charge is 0.352 e. The Hall–Kier alpha value is -2.96. The van der Waals surface area contributed by atoms with E-state index in [0.29, 0.717) is 17.9 Å². The molecule has 0 fully saturated rings. The highest BCUT2D eigenvalue weighted by Crippen LogP contribution is 2.18. The Bertz CT molecular complexity index is 880. The minimum atomic E-state index is -1.14. The monoisotopic (exact) mass is 284 g/mol. The van der Waals surface area contributed by atoms with Crippen molar-refractivity contribution in [2.75, 3.05) is 0 Å². The zero-order valence-electron chi connectivity index (χ0n) is 11.2. The van der Waals surface area contributed by atoms with E-state index >= 15 is 0 Å². The molecular weight excluding hydrogens is 272 g/mol. The van der Waals surface area contributed by atoms with Gasteiger partial charge in [0.25, 0.3) is 5.56 Å². The Balaban J connectivity index is 2.33. The minimum Gasteiger partial charge on any atom is -0.477 e. The minimum absolute atomic E-state index is 0.0452. The molecule has 0 spiro atoms. The molecule has 0 atom stereocenters. The number of hydrogen-bond acceptors (Lipinski definition) is 4. The van der Waals surface area contributed by atoms with Crippen LogP contribution in [-0.4, -0.2) is 30.2 Å². The van der Waals surface area contributed by atoms with Gasteiger partial charge in [0.15, 0.2) is 0 Å². The molecule has 7 heteroatoms. The summed E-state index contributed by atoms with van der Waals surface area (Å²) >= 11 is 0. The summed E-state index contributed by atoms with van der Waals surface area (Å²) in [5.41, 5.74) is 1.35. The van der Waals surface area contributed by atoms with Crippen LogP contribution in [0.5, 0.6) is 0 Å². The molecule has 7 nitrogen and oxygen atoms in total. The van der Waals surface area contributed by atoms with E-state index in [-0.39, 0.29) is 5.69 Å². The number of carboxylic acids is 1. The molecule has 0 saturated carbocycles. The van der Waals surface area contributed by atoms with Crippen LogP contribution >= 0.6 is 0 Å². The number of carbonyl (C=O) groups is 1. The maximum atomic E-state index is 12.0. The first-order valence-corrected chi connectivity index (χ1v) is 6.39. The second kappa shape index (κ2) is 4.86. The number of nitrogens with zero attached hydrogens (tertiary/aromatic N) is 4. The SMILES string of the molecule is CCn1c(C(=O)O)cc(=O)n2nc(-c3ccncc3)cc12. The number of aromatic nitrogens is 4. The van der Waals surface area contributed by atoms with Crippen LogP contribution in [0.4, 0.5) is 0 Å². The summed E-state index contributed by atoms with van der Waals surface area (Å²) in [7, 11) is 0. The van der Waals surface area contributed by atoms with Crippen LogP contribution < -0.4 is 5.56 Å². The van der Waals surface area contributed by atoms with Crippen molar-refractivity contribution < 1.29 is 9.90 Å². The van der Waals surface area contributed by atoms with Crippen molar-refractivity contribution in [2.45, 2.75) is 13.5 Å². The molecule has 3 rings (SSSR count). The summed E-state index contributed by atoms with van der Waals surface area (Å²) < 4.78 is 2.76. The lowest BCUT2D eigenvalue weighted by molar-refractivity contribution is 0.0684. The lowest BCUT2D eigenvalue weighted by Gasteiger charge is -2.09. The Morgan fingerprint density at radius 3 is 2.62 bits per heavy atom. The van der Waals surface area contributed by atoms with E-state index in [4.69, 9.17) is 0 Å². The Labute approximate surface area is 119 Å². The maximum Gasteiger partial charge on any atom is 0.352 e. The van der Waals surface area contributed by atoms with Crippen LogP contribution in [0.1, 0.15) is 17.4 Å². The normalized spacial score (nSPS) is 10.9. The molecule has 0 amide bonds. The van der Waals surface area contributed by atoms with Crippen molar-refractivity contribution >= 4 is 11.6 Å². The third kappa shape index (κ3) is 2.08. The molecule has 0 aliphatic heterocycles. The standard InChI is InChI=1S/C14H12N4O3/c1-2-17-11(14(20)21)8-13(19)18-12(17)7-10(16-18)9-3-5-15-6-4-9/h3-8H,2H2,1H3,(H,20,21). The first-order chi connectivity index (χ1) is 10.1. The van der Waals surface area contributed by atoms with Gasteiger partial charge in [-0.1, -0.05) is 0 Å². The van der Waals surface area contributed by atoms with Crippen LogP contribution in [0, 0.1) is 0 Å². The van der Waals surface area contributed by atoms with Crippen molar-refractivity contribution in [3.63, 3.8) is 0 Å². The van der Waals surface area contributed by atoms with E-state index < -0.39 is 11.5 Å². The van der Waals surface area contributed by atoms with Gasteiger partial charge in [0, 0.05) is 36.6 Å². The molecule has 0 unspecified atom stereocenters. The van der Waals surface area contributed by atoms with E-state index in [2.05, 4.69) is 10.1 Å². The summed E-state index contributed by atoms with van der Waals surface area (Å²) in [5, 5.41) is 13.5. The summed E-state index contributed by atoms with van der Waals surface area (Å²) in [4.78, 5) is 27.2. The number of rotatable bonds is 3. The van der Waals surface area contributed by atoms with Gasteiger partial charge in [-0.25, -0.2) is 4.79 Å². The van der Waals surface area contributed by atoms with E-state index in [0.717, 1.165) is 11.6 Å². The highest BCUT2D eigenvalue weighted by Gasteiger charge is 2.16. The van der Waals surface area contributed by atoms with Gasteiger partial charge in [-0.3, -0.25) is 9.78 Å². The van der Waals surface area contributed by atoms with Crippen molar-refractivity contribution in [1.29, 1.82) is 0 Å². The average Bonchev–Trinajstić information content (AvgIpc) is 2.93. The molecular formula is C14H12N4O3. The zero-order valence-corrected chi connectivity index (χ0v) is 11.2. The number of carboxylic acid groups (broad SMARTS) is 1. The third-order valence-corrected chi connectivity index (χ3v) is 3.24. The fourth-order valence-electron chi connectivity index (χ4n) is 2.28. The van der Waals surface area contributed by atoms with Crippen LogP contribution in [0.15, 0.2) is 41.5 Å². The molecule has 3 aromatic heterocycles. The highest BCUT2D eigenvalue weighted by molar-refractivity contribution is 5.86. The molecule has 1 N–H and O–H groups in total. The Morgan fingerprint density at radius 2 is 2.00 bits per heavy atom. The summed E-state index contributed by atoms with van der Waals surface area (Å²) in [6.45, 7) is 2.24. The summed E-state index contributed by atoms with van der Waals surface area (Å²) in [6.07, 6.45) is 3.27. The molecule has 21 heavy (non-hydrogen) atoms. The molecule has 0 saturated heterocycles. The predicted octanol–water partition coefficient (Wildman–Crippen LogP) is 1.28. The molecule has 0 bridgehead atoms. The van der Waals surface area contributed by atoms with Gasteiger partial charge in [0.1, 0.15) is 11.3 Å². The number of fused-ring (bicyclic) bond motifs is 1. The van der Waals surface area contributed by atoms with Gasteiger partial charge in [-0.15, -0.1) is 0 Å². The zero-order chi connectivity index (χ0) is 15.0. The molecule has 3 heterocycles. The fourth-order valence-corrected chi connectivity index (χ4v) is 2.28. The molecule has 0 aromatic carbocycles. The van der Waals surface area contributed by atoms with E-state index in [9.17, 15) is 14.7 Å². The van der Waals surface area contributed by atoms with Gasteiger partial charge >= 0.3 is 5.97 Å². The van der Waals surface area contributed by atoms with Crippen LogP contribution in [0.2, 0.25) is 0 Å². The van der Waals surface area contributed by atoms with Gasteiger partial charge in [0.05, 0.1) is 5.69 Å². The van der Waals surface area contributed by atoms with Crippen molar-refractivity contribution in [3.05, 3.63) is 52.7 Å². The van der Waals surface area contributed by atoms with E-state index in [1.54, 1.807) is 35.2 Å². The van der Waals surface area contributed by atoms with Crippen molar-refractivity contribution in [2.24, 2.45) is 0 Å².